The summed E-state index contributed by atoms with van der Waals surface area (Å²) >= 11 is 0. The second-order valence-corrected chi connectivity index (χ2v) is 3.67. The van der Waals surface area contributed by atoms with E-state index < -0.39 is 0 Å². The Bertz CT molecular complexity index is 345. The summed E-state index contributed by atoms with van der Waals surface area (Å²) in [5.41, 5.74) is 2.24. The number of amides is 3. The molecule has 3 amide bonds. The van der Waals surface area contributed by atoms with Crippen LogP contribution in [0.5, 0.6) is 0 Å². The second kappa shape index (κ2) is 6.57. The lowest BCUT2D eigenvalue weighted by Crippen LogP contribution is -2.30. The molecule has 1 N–H and O–H groups in total. The molecule has 0 fully saturated rings. The lowest BCUT2D eigenvalue weighted by molar-refractivity contribution is -0.136. The first kappa shape index (κ1) is 13.1. The molecule has 0 aromatic rings. The molecule has 0 aliphatic carbocycles. The van der Waals surface area contributed by atoms with Crippen molar-refractivity contribution in [2.45, 2.75) is 25.7 Å². The van der Waals surface area contributed by atoms with E-state index in [2.05, 4.69) is 17.2 Å². The maximum atomic E-state index is 11.2. The van der Waals surface area contributed by atoms with Crippen LogP contribution in [-0.4, -0.2) is 35.9 Å². The molecule has 1 heterocycles. The zero-order valence-electron chi connectivity index (χ0n) is 9.52. The number of unbranched alkanes of at least 4 members (excludes halogenated alkanes) is 2. The van der Waals surface area contributed by atoms with Crippen LogP contribution >= 0.6 is 0 Å². The molecule has 1 rings (SSSR count). The van der Waals surface area contributed by atoms with Gasteiger partial charge in [0.05, 0.1) is 0 Å². The van der Waals surface area contributed by atoms with Gasteiger partial charge in [-0.3, -0.25) is 19.3 Å². The molecule has 0 spiro atoms. The van der Waals surface area contributed by atoms with Crippen molar-refractivity contribution < 1.29 is 14.4 Å². The van der Waals surface area contributed by atoms with Crippen LogP contribution in [0.3, 0.4) is 0 Å². The molecule has 92 valence electrons. The number of imide groups is 1. The Labute approximate surface area is 99.4 Å². The first-order chi connectivity index (χ1) is 8.15. The third-order valence-corrected chi connectivity index (χ3v) is 2.39. The third-order valence-electron chi connectivity index (χ3n) is 2.39. The SMILES string of the molecule is C=NNC(=O)CCCCCN1C(=O)C=CC1=O. The van der Waals surface area contributed by atoms with Crippen molar-refractivity contribution in [2.75, 3.05) is 6.54 Å². The van der Waals surface area contributed by atoms with Gasteiger partial charge in [-0.2, -0.15) is 5.10 Å². The summed E-state index contributed by atoms with van der Waals surface area (Å²) in [6.07, 6.45) is 5.09. The molecular weight excluding hydrogens is 222 g/mol. The highest BCUT2D eigenvalue weighted by Crippen LogP contribution is 2.07. The Morgan fingerprint density at radius 2 is 1.88 bits per heavy atom. The number of nitrogens with zero attached hydrogens (tertiary/aromatic N) is 2. The summed E-state index contributed by atoms with van der Waals surface area (Å²) in [5.74, 6) is -0.692. The molecule has 1 aliphatic rings. The van der Waals surface area contributed by atoms with Crippen LogP contribution in [0.4, 0.5) is 0 Å². The van der Waals surface area contributed by atoms with E-state index in [1.807, 2.05) is 0 Å². The van der Waals surface area contributed by atoms with Crippen LogP contribution in [0, 0.1) is 0 Å². The van der Waals surface area contributed by atoms with Crippen LogP contribution < -0.4 is 5.43 Å². The van der Waals surface area contributed by atoms with Crippen LogP contribution in [0.1, 0.15) is 25.7 Å². The van der Waals surface area contributed by atoms with Gasteiger partial charge in [0.25, 0.3) is 11.8 Å². The molecule has 0 bridgehead atoms. The zero-order valence-corrected chi connectivity index (χ0v) is 9.52. The van der Waals surface area contributed by atoms with Crippen LogP contribution in [-0.2, 0) is 14.4 Å². The van der Waals surface area contributed by atoms with Crippen LogP contribution in [0.2, 0.25) is 0 Å². The largest absolute Gasteiger partial charge is 0.275 e. The number of carbonyl (C=O) groups is 3. The standard InChI is InChI=1S/C11H15N3O3/c1-12-13-9(15)5-3-2-4-8-14-10(16)6-7-11(14)17/h6-7H,1-5,8H2,(H,13,15). The first-order valence-electron chi connectivity index (χ1n) is 5.43. The van der Waals surface area contributed by atoms with E-state index in [9.17, 15) is 14.4 Å². The van der Waals surface area contributed by atoms with E-state index in [1.54, 1.807) is 0 Å². The molecule has 0 saturated carbocycles. The quantitative estimate of drug-likeness (QED) is 0.297. The Morgan fingerprint density at radius 1 is 1.24 bits per heavy atom. The van der Waals surface area contributed by atoms with E-state index in [4.69, 9.17) is 0 Å². The normalized spacial score (nSPS) is 14.2. The fraction of sp³-hybridized carbons (Fsp3) is 0.455. The maximum absolute atomic E-state index is 11.2. The molecule has 6 heteroatoms. The predicted molar refractivity (Wildman–Crippen MR) is 62.0 cm³/mol. The van der Waals surface area contributed by atoms with Gasteiger partial charge < -0.3 is 0 Å². The minimum Gasteiger partial charge on any atom is -0.275 e. The van der Waals surface area contributed by atoms with E-state index in [1.165, 1.54) is 17.1 Å². The minimum absolute atomic E-state index is 0.171. The zero-order chi connectivity index (χ0) is 12.7. The molecule has 6 nitrogen and oxygen atoms in total. The van der Waals surface area contributed by atoms with Crippen LogP contribution in [0.25, 0.3) is 0 Å². The molecule has 0 radical (unpaired) electrons. The van der Waals surface area contributed by atoms with E-state index >= 15 is 0 Å². The summed E-state index contributed by atoms with van der Waals surface area (Å²) in [5, 5.41) is 3.26. The summed E-state index contributed by atoms with van der Waals surface area (Å²) in [7, 11) is 0. The van der Waals surface area contributed by atoms with Crippen LogP contribution in [0.15, 0.2) is 17.3 Å². The monoisotopic (exact) mass is 237 g/mol. The third kappa shape index (κ3) is 4.18. The van der Waals surface area contributed by atoms with Gasteiger partial charge in [0, 0.05) is 31.8 Å². The van der Waals surface area contributed by atoms with Gasteiger partial charge in [0.1, 0.15) is 0 Å². The minimum atomic E-state index is -0.261. The predicted octanol–water partition coefficient (Wildman–Crippen LogP) is 0.204. The molecule has 0 atom stereocenters. The lowest BCUT2D eigenvalue weighted by atomic mass is 10.2. The second-order valence-electron chi connectivity index (χ2n) is 3.67. The van der Waals surface area contributed by atoms with Crippen molar-refractivity contribution in [3.63, 3.8) is 0 Å². The van der Waals surface area contributed by atoms with Gasteiger partial charge in [-0.25, -0.2) is 5.43 Å². The number of carbonyl (C=O) groups excluding carboxylic acids is 3. The smallest absolute Gasteiger partial charge is 0.253 e. The topological polar surface area (TPSA) is 78.8 Å². The fourth-order valence-electron chi connectivity index (χ4n) is 1.53. The van der Waals surface area contributed by atoms with E-state index in [0.29, 0.717) is 25.8 Å². The number of nitrogens with one attached hydrogen (secondary N) is 1. The van der Waals surface area contributed by atoms with Crippen molar-refractivity contribution in [3.8, 4) is 0 Å². The summed E-state index contributed by atoms with van der Waals surface area (Å²) in [6.45, 7) is 3.55. The van der Waals surface area contributed by atoms with E-state index in [0.717, 1.165) is 6.42 Å². The average molecular weight is 237 g/mol. The maximum Gasteiger partial charge on any atom is 0.253 e. The number of hydrogen-bond acceptors (Lipinski definition) is 4. The highest BCUT2D eigenvalue weighted by molar-refractivity contribution is 6.12. The Balaban J connectivity index is 2.09. The van der Waals surface area contributed by atoms with E-state index in [-0.39, 0.29) is 17.7 Å². The Kier molecular flexibility index (Phi) is 5.06. The average Bonchev–Trinajstić information content (AvgIpc) is 2.60. The summed E-state index contributed by atoms with van der Waals surface area (Å²) in [6, 6.07) is 0. The van der Waals surface area contributed by atoms with Gasteiger partial charge >= 0.3 is 0 Å². The molecular formula is C11H15N3O3. The van der Waals surface area contributed by atoms with Crippen molar-refractivity contribution in [3.05, 3.63) is 12.2 Å². The van der Waals surface area contributed by atoms with Gasteiger partial charge in [-0.15, -0.1) is 0 Å². The highest BCUT2D eigenvalue weighted by Gasteiger charge is 2.22. The summed E-state index contributed by atoms with van der Waals surface area (Å²) < 4.78 is 0. The highest BCUT2D eigenvalue weighted by atomic mass is 16.2. The van der Waals surface area contributed by atoms with Crippen molar-refractivity contribution >= 4 is 24.4 Å². The number of hydrogen-bond donors (Lipinski definition) is 1. The molecule has 1 aliphatic heterocycles. The number of rotatable bonds is 7. The molecule has 0 saturated heterocycles. The fourth-order valence-corrected chi connectivity index (χ4v) is 1.53. The van der Waals surface area contributed by atoms with Gasteiger partial charge in [0.15, 0.2) is 0 Å². The van der Waals surface area contributed by atoms with Crippen molar-refractivity contribution in [1.82, 2.24) is 10.3 Å². The molecule has 0 unspecified atom stereocenters. The summed E-state index contributed by atoms with van der Waals surface area (Å²) in [4.78, 5) is 34.5. The van der Waals surface area contributed by atoms with Gasteiger partial charge in [-0.1, -0.05) is 6.42 Å². The Morgan fingerprint density at radius 3 is 2.47 bits per heavy atom. The molecule has 0 aromatic carbocycles. The first-order valence-corrected chi connectivity index (χ1v) is 5.43. The lowest BCUT2D eigenvalue weighted by Gasteiger charge is -2.12. The van der Waals surface area contributed by atoms with Gasteiger partial charge in [-0.05, 0) is 12.8 Å². The molecule has 17 heavy (non-hydrogen) atoms. The Hall–Kier alpha value is -1.98. The molecule has 0 aromatic heterocycles. The van der Waals surface area contributed by atoms with Crippen molar-refractivity contribution in [2.24, 2.45) is 5.10 Å². The number of hydrazone groups is 1. The van der Waals surface area contributed by atoms with Gasteiger partial charge in [0.2, 0.25) is 5.91 Å². The van der Waals surface area contributed by atoms with Crippen molar-refractivity contribution in [1.29, 1.82) is 0 Å².